The maximum absolute atomic E-state index is 14.0. The predicted molar refractivity (Wildman–Crippen MR) is 107 cm³/mol. The Morgan fingerprint density at radius 2 is 1.94 bits per heavy atom. The summed E-state index contributed by atoms with van der Waals surface area (Å²) >= 11 is 1.24. The Balaban J connectivity index is 1.53. The van der Waals surface area contributed by atoms with E-state index in [1.807, 2.05) is 6.92 Å². The minimum absolute atomic E-state index is 0.148. The molecule has 2 aromatic heterocycles. The normalized spacial score (nSPS) is 13.1. The average molecular weight is 446 g/mol. The first-order valence-corrected chi connectivity index (χ1v) is 10.3. The number of pyridine rings is 1. The molecule has 1 aromatic carbocycles. The van der Waals surface area contributed by atoms with E-state index in [4.69, 9.17) is 0 Å². The van der Waals surface area contributed by atoms with E-state index < -0.39 is 28.9 Å². The number of aryl methyl sites for hydroxylation is 1. The molecule has 1 N–H and O–H groups in total. The van der Waals surface area contributed by atoms with Crippen LogP contribution in [-0.2, 0) is 19.5 Å². The maximum Gasteiger partial charge on any atom is 0.263 e. The highest BCUT2D eigenvalue weighted by Gasteiger charge is 2.27. The van der Waals surface area contributed by atoms with Gasteiger partial charge < -0.3 is 10.2 Å². The molecule has 1 aliphatic heterocycles. The van der Waals surface area contributed by atoms with Crippen molar-refractivity contribution in [3.05, 3.63) is 80.3 Å². The molecule has 10 heteroatoms. The molecule has 0 saturated carbocycles. The number of amides is 2. The van der Waals surface area contributed by atoms with Gasteiger partial charge in [0.05, 0.1) is 17.3 Å². The Labute approximate surface area is 179 Å². The summed E-state index contributed by atoms with van der Waals surface area (Å²) < 4.78 is 40.7. The fraction of sp³-hybridized carbons (Fsp3) is 0.238. The van der Waals surface area contributed by atoms with Crippen LogP contribution in [0.25, 0.3) is 0 Å². The number of hydrogen-bond donors (Lipinski definition) is 1. The third-order valence-electron chi connectivity index (χ3n) is 5.21. The molecule has 0 unspecified atom stereocenters. The lowest BCUT2D eigenvalue weighted by Gasteiger charge is -2.30. The van der Waals surface area contributed by atoms with E-state index in [0.29, 0.717) is 23.4 Å². The number of halogens is 3. The lowest BCUT2D eigenvalue weighted by Crippen LogP contribution is -2.37. The number of fused-ring (bicyclic) bond motifs is 1. The van der Waals surface area contributed by atoms with Gasteiger partial charge in [0.2, 0.25) is 0 Å². The highest BCUT2D eigenvalue weighted by Crippen LogP contribution is 2.26. The van der Waals surface area contributed by atoms with Crippen LogP contribution in [0.2, 0.25) is 0 Å². The van der Waals surface area contributed by atoms with Crippen molar-refractivity contribution in [1.29, 1.82) is 0 Å². The van der Waals surface area contributed by atoms with E-state index in [9.17, 15) is 22.8 Å². The molecule has 4 rings (SSSR count). The predicted octanol–water partition coefficient (Wildman–Crippen LogP) is 3.39. The maximum atomic E-state index is 14.0. The number of benzene rings is 1. The summed E-state index contributed by atoms with van der Waals surface area (Å²) in [5, 5.41) is 2.86. The number of nitrogens with zero attached hydrogens (tertiary/aromatic N) is 3. The van der Waals surface area contributed by atoms with E-state index in [1.165, 1.54) is 22.4 Å². The van der Waals surface area contributed by atoms with E-state index in [2.05, 4.69) is 15.3 Å². The molecule has 0 radical (unpaired) electrons. The SMILES string of the molecule is Cc1ncc2c(c1CNC(=O)c1cncs1)CCN(C(=O)c1cc(F)c(F)cc1F)C2. The fourth-order valence-corrected chi connectivity index (χ4v) is 4.11. The van der Waals surface area contributed by atoms with Gasteiger partial charge in [-0.3, -0.25) is 19.6 Å². The van der Waals surface area contributed by atoms with Crippen molar-refractivity contribution in [3.8, 4) is 0 Å². The number of aromatic nitrogens is 2. The first-order chi connectivity index (χ1) is 14.8. The Morgan fingerprint density at radius 1 is 1.16 bits per heavy atom. The van der Waals surface area contributed by atoms with Crippen LogP contribution in [0.3, 0.4) is 0 Å². The van der Waals surface area contributed by atoms with Gasteiger partial charge >= 0.3 is 0 Å². The number of nitrogens with one attached hydrogen (secondary N) is 1. The molecule has 31 heavy (non-hydrogen) atoms. The molecule has 0 aliphatic carbocycles. The molecule has 0 fully saturated rings. The van der Waals surface area contributed by atoms with Gasteiger partial charge in [-0.05, 0) is 36.1 Å². The van der Waals surface area contributed by atoms with Gasteiger partial charge in [-0.25, -0.2) is 13.2 Å². The van der Waals surface area contributed by atoms with Gasteiger partial charge in [-0.15, -0.1) is 11.3 Å². The third kappa shape index (κ3) is 4.15. The molecule has 160 valence electrons. The van der Waals surface area contributed by atoms with Gasteiger partial charge in [0.1, 0.15) is 10.7 Å². The van der Waals surface area contributed by atoms with Crippen LogP contribution in [0, 0.1) is 24.4 Å². The summed E-state index contributed by atoms with van der Waals surface area (Å²) in [5.41, 5.74) is 4.41. The zero-order valence-corrected chi connectivity index (χ0v) is 17.2. The lowest BCUT2D eigenvalue weighted by molar-refractivity contribution is 0.0728. The van der Waals surface area contributed by atoms with Gasteiger partial charge in [-0.2, -0.15) is 0 Å². The molecule has 0 spiro atoms. The summed E-state index contributed by atoms with van der Waals surface area (Å²) in [6.07, 6.45) is 3.59. The van der Waals surface area contributed by atoms with Gasteiger partial charge in [0.25, 0.3) is 11.8 Å². The molecular formula is C21H17F3N4O2S. The van der Waals surface area contributed by atoms with Crippen molar-refractivity contribution >= 4 is 23.2 Å². The summed E-state index contributed by atoms with van der Waals surface area (Å²) in [6, 6.07) is 0.950. The minimum atomic E-state index is -1.34. The van der Waals surface area contributed by atoms with Crippen LogP contribution in [0.1, 0.15) is 42.4 Å². The van der Waals surface area contributed by atoms with E-state index in [0.717, 1.165) is 22.4 Å². The number of thiazole rings is 1. The second kappa shape index (κ2) is 8.46. The first-order valence-electron chi connectivity index (χ1n) is 9.42. The Kier molecular flexibility index (Phi) is 5.73. The molecule has 0 saturated heterocycles. The van der Waals surface area contributed by atoms with E-state index in [1.54, 1.807) is 11.7 Å². The Bertz CT molecular complexity index is 1170. The summed E-state index contributed by atoms with van der Waals surface area (Å²) in [7, 11) is 0. The summed E-state index contributed by atoms with van der Waals surface area (Å²) in [5.74, 6) is -4.69. The third-order valence-corrected chi connectivity index (χ3v) is 5.98. The molecule has 0 atom stereocenters. The van der Waals surface area contributed by atoms with Gasteiger partial charge in [-0.1, -0.05) is 0 Å². The lowest BCUT2D eigenvalue weighted by atomic mass is 9.94. The summed E-state index contributed by atoms with van der Waals surface area (Å²) in [6.45, 7) is 2.52. The zero-order chi connectivity index (χ0) is 22.1. The van der Waals surface area contributed by atoms with Crippen LogP contribution in [0.5, 0.6) is 0 Å². The highest BCUT2D eigenvalue weighted by molar-refractivity contribution is 7.11. The standard InChI is InChI=1S/C21H17F3N4O2S/c1-11-15(7-27-20(29)19-8-25-10-31-19)13-2-3-28(9-12(13)6-26-11)21(30)14-4-17(23)18(24)5-16(14)22/h4-6,8,10H,2-3,7,9H2,1H3,(H,27,29). The molecule has 3 heterocycles. The second-order valence-electron chi connectivity index (χ2n) is 7.10. The van der Waals surface area contributed by atoms with E-state index in [-0.39, 0.29) is 25.5 Å². The van der Waals surface area contributed by atoms with Crippen LogP contribution in [0.4, 0.5) is 13.2 Å². The van der Waals surface area contributed by atoms with Crippen LogP contribution in [-0.4, -0.2) is 33.2 Å². The van der Waals surface area contributed by atoms with Gasteiger partial charge in [0, 0.05) is 37.6 Å². The summed E-state index contributed by atoms with van der Waals surface area (Å²) in [4.78, 5) is 35.1. The molecule has 2 amide bonds. The fourth-order valence-electron chi connectivity index (χ4n) is 3.57. The van der Waals surface area contributed by atoms with Crippen molar-refractivity contribution in [2.24, 2.45) is 0 Å². The Morgan fingerprint density at radius 3 is 2.68 bits per heavy atom. The quantitative estimate of drug-likeness (QED) is 0.624. The second-order valence-corrected chi connectivity index (χ2v) is 7.98. The van der Waals surface area contributed by atoms with Crippen molar-refractivity contribution in [2.75, 3.05) is 6.54 Å². The minimum Gasteiger partial charge on any atom is -0.347 e. The number of hydrogen-bond acceptors (Lipinski definition) is 5. The van der Waals surface area contributed by atoms with Crippen molar-refractivity contribution in [2.45, 2.75) is 26.4 Å². The van der Waals surface area contributed by atoms with Crippen molar-refractivity contribution < 1.29 is 22.8 Å². The number of carbonyl (C=O) groups excluding carboxylic acids is 2. The first kappa shape index (κ1) is 21.0. The van der Waals surface area contributed by atoms with Crippen LogP contribution >= 0.6 is 11.3 Å². The number of rotatable bonds is 4. The monoisotopic (exact) mass is 446 g/mol. The topological polar surface area (TPSA) is 75.2 Å². The van der Waals surface area contributed by atoms with Crippen LogP contribution in [0.15, 0.2) is 30.0 Å². The van der Waals surface area contributed by atoms with Crippen LogP contribution < -0.4 is 5.32 Å². The molecule has 3 aromatic rings. The largest absolute Gasteiger partial charge is 0.347 e. The average Bonchev–Trinajstić information content (AvgIpc) is 3.29. The Hall–Kier alpha value is -3.27. The molecule has 6 nitrogen and oxygen atoms in total. The molecular weight excluding hydrogens is 429 g/mol. The zero-order valence-electron chi connectivity index (χ0n) is 16.4. The molecule has 1 aliphatic rings. The van der Waals surface area contributed by atoms with E-state index >= 15 is 0 Å². The van der Waals surface area contributed by atoms with Crippen molar-refractivity contribution in [3.63, 3.8) is 0 Å². The van der Waals surface area contributed by atoms with Gasteiger partial charge in [0.15, 0.2) is 11.6 Å². The smallest absolute Gasteiger partial charge is 0.263 e. The molecule has 0 bridgehead atoms. The van der Waals surface area contributed by atoms with Crippen molar-refractivity contribution in [1.82, 2.24) is 20.2 Å². The number of carbonyl (C=O) groups is 2. The highest BCUT2D eigenvalue weighted by atomic mass is 32.1.